The third kappa shape index (κ3) is 3.37. The zero-order valence-corrected chi connectivity index (χ0v) is 16.8. The highest BCUT2D eigenvalue weighted by Crippen LogP contribution is 2.44. The molecule has 1 amide bonds. The first kappa shape index (κ1) is 18.9. The van der Waals surface area contributed by atoms with E-state index in [9.17, 15) is 4.79 Å². The van der Waals surface area contributed by atoms with Crippen LogP contribution in [0.3, 0.4) is 0 Å². The summed E-state index contributed by atoms with van der Waals surface area (Å²) in [5.74, 6) is -0.393. The number of carbonyl (C=O) groups is 1. The number of allylic oxidation sites excluding steroid dienone is 4. The first-order chi connectivity index (χ1) is 13.6. The van der Waals surface area contributed by atoms with Gasteiger partial charge in [0.2, 0.25) is 0 Å². The van der Waals surface area contributed by atoms with E-state index >= 15 is 0 Å². The Hall–Kier alpha value is -2.46. The molecule has 0 fully saturated rings. The number of nitrogens with two attached hydrogens (primary N) is 1. The molecule has 0 saturated carbocycles. The summed E-state index contributed by atoms with van der Waals surface area (Å²) in [5.41, 5.74) is 12.5. The Morgan fingerprint density at radius 1 is 1.32 bits per heavy atom. The number of carbonyl (C=O) groups excluding carboxylic acids is 1. The van der Waals surface area contributed by atoms with E-state index < -0.39 is 5.91 Å². The molecule has 0 saturated heterocycles. The van der Waals surface area contributed by atoms with E-state index in [1.807, 2.05) is 0 Å². The predicted molar refractivity (Wildman–Crippen MR) is 114 cm³/mol. The second kappa shape index (κ2) is 7.88. The van der Waals surface area contributed by atoms with E-state index in [-0.39, 0.29) is 0 Å². The van der Waals surface area contributed by atoms with Crippen LogP contribution in [-0.2, 0) is 4.79 Å². The molecule has 28 heavy (non-hydrogen) atoms. The van der Waals surface area contributed by atoms with Crippen molar-refractivity contribution in [1.29, 1.82) is 0 Å². The highest BCUT2D eigenvalue weighted by Gasteiger charge is 2.37. The maximum absolute atomic E-state index is 11.7. The predicted octanol–water partition coefficient (Wildman–Crippen LogP) is 4.46. The number of primary amides is 1. The van der Waals surface area contributed by atoms with Crippen molar-refractivity contribution in [3.63, 3.8) is 0 Å². The quantitative estimate of drug-likeness (QED) is 0.798. The van der Waals surface area contributed by atoms with Gasteiger partial charge in [-0.3, -0.25) is 14.7 Å². The molecule has 1 heterocycles. The molecule has 1 aromatic carbocycles. The Balaban J connectivity index is 1.72. The molecule has 4 heteroatoms. The summed E-state index contributed by atoms with van der Waals surface area (Å²) in [4.78, 5) is 19.0. The van der Waals surface area contributed by atoms with E-state index in [4.69, 9.17) is 5.73 Å². The van der Waals surface area contributed by atoms with Crippen LogP contribution in [0.5, 0.6) is 0 Å². The first-order valence-corrected chi connectivity index (χ1v) is 10.4. The number of fused-ring (bicyclic) bond motifs is 1. The standard InChI is InChI=1S/C24H29N3O/c1-3-13-27(16(2)17-9-5-4-6-10-17)23-15-21-20(14-22(26-21)24(25)28)18-11-7-8-12-19(18)23/h4-7,9-11,16,23H,3,8,12-15H2,1-2H3,(H2,25,28)/t16-,23?/m0/s1. The lowest BCUT2D eigenvalue weighted by atomic mass is 9.79. The van der Waals surface area contributed by atoms with Crippen molar-refractivity contribution in [3.05, 3.63) is 70.5 Å². The summed E-state index contributed by atoms with van der Waals surface area (Å²) in [6.07, 6.45) is 9.23. The summed E-state index contributed by atoms with van der Waals surface area (Å²) in [7, 11) is 0. The van der Waals surface area contributed by atoms with Crippen LogP contribution in [0.15, 0.2) is 69.9 Å². The number of amides is 1. The number of rotatable bonds is 6. The summed E-state index contributed by atoms with van der Waals surface area (Å²) in [6.45, 7) is 5.59. The van der Waals surface area contributed by atoms with Gasteiger partial charge in [-0.25, -0.2) is 0 Å². The van der Waals surface area contributed by atoms with Crippen molar-refractivity contribution in [3.8, 4) is 0 Å². The van der Waals surface area contributed by atoms with E-state index in [1.165, 1.54) is 22.3 Å². The average Bonchev–Trinajstić information content (AvgIpc) is 3.17. The highest BCUT2D eigenvalue weighted by atomic mass is 16.1. The molecule has 2 aliphatic carbocycles. The fourth-order valence-electron chi connectivity index (χ4n) is 4.85. The van der Waals surface area contributed by atoms with Gasteiger partial charge in [-0.15, -0.1) is 0 Å². The molecule has 0 spiro atoms. The molecule has 1 aliphatic heterocycles. The van der Waals surface area contributed by atoms with Gasteiger partial charge in [-0.05, 0) is 55.0 Å². The fourth-order valence-corrected chi connectivity index (χ4v) is 4.85. The van der Waals surface area contributed by atoms with Crippen LogP contribution < -0.4 is 5.73 Å². The Kier molecular flexibility index (Phi) is 5.31. The minimum absolute atomic E-state index is 0.324. The van der Waals surface area contributed by atoms with E-state index in [1.54, 1.807) is 0 Å². The van der Waals surface area contributed by atoms with Crippen LogP contribution in [-0.4, -0.2) is 29.1 Å². The van der Waals surface area contributed by atoms with Gasteiger partial charge in [0, 0.05) is 30.6 Å². The Morgan fingerprint density at radius 3 is 2.82 bits per heavy atom. The van der Waals surface area contributed by atoms with Gasteiger partial charge in [0.05, 0.1) is 0 Å². The summed E-state index contributed by atoms with van der Waals surface area (Å²) in [6, 6.07) is 11.4. The van der Waals surface area contributed by atoms with Crippen LogP contribution in [0.4, 0.5) is 0 Å². The van der Waals surface area contributed by atoms with Gasteiger partial charge in [0.25, 0.3) is 5.91 Å². The first-order valence-electron chi connectivity index (χ1n) is 10.4. The molecule has 0 radical (unpaired) electrons. The van der Waals surface area contributed by atoms with Crippen molar-refractivity contribution in [1.82, 2.24) is 4.90 Å². The van der Waals surface area contributed by atoms with Crippen molar-refractivity contribution in [2.45, 2.75) is 58.0 Å². The second-order valence-corrected chi connectivity index (χ2v) is 7.95. The van der Waals surface area contributed by atoms with Crippen LogP contribution >= 0.6 is 0 Å². The van der Waals surface area contributed by atoms with Crippen LogP contribution in [0.25, 0.3) is 0 Å². The minimum atomic E-state index is -0.393. The van der Waals surface area contributed by atoms with Crippen molar-refractivity contribution in [2.24, 2.45) is 10.7 Å². The zero-order chi connectivity index (χ0) is 19.7. The van der Waals surface area contributed by atoms with E-state index in [0.29, 0.717) is 24.2 Å². The SMILES string of the molecule is CCCN(C1CC2=C(CC(C(N)=O)=N2)C2=C1CCC=C2)[C@@H](C)c1ccccc1. The molecule has 3 aliphatic rings. The third-order valence-corrected chi connectivity index (χ3v) is 6.23. The van der Waals surface area contributed by atoms with Crippen molar-refractivity contribution in [2.75, 3.05) is 6.54 Å². The molecule has 0 bridgehead atoms. The molecule has 2 atom stereocenters. The van der Waals surface area contributed by atoms with Gasteiger partial charge < -0.3 is 5.73 Å². The van der Waals surface area contributed by atoms with Gasteiger partial charge in [-0.1, -0.05) is 49.4 Å². The normalized spacial score (nSPS) is 22.2. The summed E-state index contributed by atoms with van der Waals surface area (Å²) in [5, 5.41) is 0. The number of hydrogen-bond acceptors (Lipinski definition) is 3. The monoisotopic (exact) mass is 375 g/mol. The number of benzene rings is 1. The van der Waals surface area contributed by atoms with Crippen molar-refractivity contribution >= 4 is 11.6 Å². The summed E-state index contributed by atoms with van der Waals surface area (Å²) >= 11 is 0. The third-order valence-electron chi connectivity index (χ3n) is 6.23. The second-order valence-electron chi connectivity index (χ2n) is 7.95. The minimum Gasteiger partial charge on any atom is -0.365 e. The molecule has 146 valence electrons. The van der Waals surface area contributed by atoms with Gasteiger partial charge in [0.15, 0.2) is 0 Å². The number of nitrogens with zero attached hydrogens (tertiary/aromatic N) is 2. The van der Waals surface area contributed by atoms with E-state index in [0.717, 1.165) is 37.9 Å². The molecule has 4 rings (SSSR count). The van der Waals surface area contributed by atoms with Crippen LogP contribution in [0.1, 0.15) is 57.6 Å². The molecule has 2 N–H and O–H groups in total. The Morgan fingerprint density at radius 2 is 2.11 bits per heavy atom. The molecule has 1 aromatic rings. The van der Waals surface area contributed by atoms with Gasteiger partial charge in [0.1, 0.15) is 5.71 Å². The smallest absolute Gasteiger partial charge is 0.263 e. The Bertz CT molecular complexity index is 892. The van der Waals surface area contributed by atoms with Crippen LogP contribution in [0.2, 0.25) is 0 Å². The summed E-state index contributed by atoms with van der Waals surface area (Å²) < 4.78 is 0. The highest BCUT2D eigenvalue weighted by molar-refractivity contribution is 6.39. The Labute approximate surface area is 167 Å². The lowest BCUT2D eigenvalue weighted by Gasteiger charge is -2.41. The maximum Gasteiger partial charge on any atom is 0.263 e. The lowest BCUT2D eigenvalue weighted by molar-refractivity contribution is -0.112. The molecule has 4 nitrogen and oxygen atoms in total. The van der Waals surface area contributed by atoms with E-state index in [2.05, 4.69) is 66.2 Å². The topological polar surface area (TPSA) is 58.7 Å². The van der Waals surface area contributed by atoms with Crippen molar-refractivity contribution < 1.29 is 4.79 Å². The fraction of sp³-hybridized carbons (Fsp3) is 0.417. The zero-order valence-electron chi connectivity index (χ0n) is 16.8. The molecule has 0 aromatic heterocycles. The molecule has 1 unspecified atom stereocenters. The van der Waals surface area contributed by atoms with Gasteiger partial charge >= 0.3 is 0 Å². The lowest BCUT2D eigenvalue weighted by Crippen LogP contribution is -2.41. The van der Waals surface area contributed by atoms with Gasteiger partial charge in [-0.2, -0.15) is 0 Å². The largest absolute Gasteiger partial charge is 0.365 e. The number of hydrogen-bond donors (Lipinski definition) is 1. The average molecular weight is 376 g/mol. The van der Waals surface area contributed by atoms with Crippen LogP contribution in [0, 0.1) is 0 Å². The molecular formula is C24H29N3O. The molecular weight excluding hydrogens is 346 g/mol. The number of aliphatic imine (C=N–C) groups is 1. The maximum atomic E-state index is 11.7.